The van der Waals surface area contributed by atoms with Gasteiger partial charge in [0.15, 0.2) is 46.3 Å². The summed E-state index contributed by atoms with van der Waals surface area (Å²) in [6.45, 7) is 30.4. The number of rotatable bonds is 20. The first kappa shape index (κ1) is 87.2. The quantitative estimate of drug-likeness (QED) is 0.0452. The van der Waals surface area contributed by atoms with Crippen molar-refractivity contribution in [2.45, 2.75) is 150 Å². The molecule has 5 N–H and O–H groups in total. The van der Waals surface area contributed by atoms with Crippen LogP contribution in [0.2, 0.25) is 0 Å². The Hall–Kier alpha value is -11.0. The molecule has 0 atom stereocenters. The van der Waals surface area contributed by atoms with E-state index in [4.69, 9.17) is 0 Å². The molecule has 0 spiro atoms. The Labute approximate surface area is 661 Å². The summed E-state index contributed by atoms with van der Waals surface area (Å²) in [7, 11) is 0. The lowest BCUT2D eigenvalue weighted by Gasteiger charge is -2.11. The Balaban J connectivity index is 0.000000194. The van der Waals surface area contributed by atoms with Crippen molar-refractivity contribution in [1.29, 1.82) is 0 Å². The van der Waals surface area contributed by atoms with Gasteiger partial charge < -0.3 is 39.6 Å². The smallest absolute Gasteiger partial charge is 0.159 e. The van der Waals surface area contributed by atoms with Crippen molar-refractivity contribution >= 4 is 180 Å². The van der Waals surface area contributed by atoms with Crippen LogP contribution in [0.1, 0.15) is 195 Å². The number of ketones is 8. The second kappa shape index (κ2) is 38.1. The van der Waals surface area contributed by atoms with Gasteiger partial charge >= 0.3 is 0 Å². The van der Waals surface area contributed by atoms with E-state index < -0.39 is 0 Å². The number of carbonyl (C=O) groups excluding carboxylic acids is 8. The summed E-state index contributed by atoms with van der Waals surface area (Å²) in [5, 5.41) is 21.0. The summed E-state index contributed by atoms with van der Waals surface area (Å²) < 4.78 is 6.77. The van der Waals surface area contributed by atoms with Crippen LogP contribution < -0.4 is 16.0 Å². The molecular formula is C93H104Cl2N8O8. The van der Waals surface area contributed by atoms with E-state index in [-0.39, 0.29) is 85.9 Å². The van der Waals surface area contributed by atoms with E-state index in [0.717, 1.165) is 126 Å². The molecule has 15 rings (SSSR count). The van der Waals surface area contributed by atoms with Crippen molar-refractivity contribution in [2.75, 3.05) is 19.6 Å². The summed E-state index contributed by atoms with van der Waals surface area (Å²) in [4.78, 5) is 100. The number of H-pyrrole nitrogens is 2. The van der Waals surface area contributed by atoms with E-state index in [9.17, 15) is 38.4 Å². The molecule has 0 fully saturated rings. The number of hydrogen-bond acceptors (Lipinski definition) is 11. The average Bonchev–Trinajstić information content (AvgIpc) is 1.62. The molecule has 5 aromatic heterocycles. The number of Topliss-reactive ketones (excluding diaryl/α,β-unsaturated/α-hetero) is 8. The van der Waals surface area contributed by atoms with Crippen molar-refractivity contribution in [2.24, 2.45) is 0 Å². The van der Waals surface area contributed by atoms with Gasteiger partial charge in [-0.1, -0.05) is 92.8 Å². The van der Waals surface area contributed by atoms with Crippen molar-refractivity contribution in [1.82, 2.24) is 39.6 Å². The average molecular weight is 1530 g/mol. The van der Waals surface area contributed by atoms with Crippen molar-refractivity contribution < 1.29 is 38.4 Å². The van der Waals surface area contributed by atoms with E-state index >= 15 is 0 Å². The topological polar surface area (TPSA) is 219 Å². The zero-order valence-electron chi connectivity index (χ0n) is 64.4. The zero-order chi connectivity index (χ0) is 76.7. The molecule has 0 saturated carbocycles. The molecule has 0 aliphatic carbocycles. The monoisotopic (exact) mass is 1530 g/mol. The number of para-hydroxylation sites is 2. The number of hydrogen-bond donors (Lipinski definition) is 5. The van der Waals surface area contributed by atoms with E-state index in [1.54, 1.807) is 55.4 Å². The summed E-state index contributed by atoms with van der Waals surface area (Å²) in [5.41, 5.74) is 16.4. The molecule has 0 bridgehead atoms. The first-order valence-electron chi connectivity index (χ1n) is 36.6. The van der Waals surface area contributed by atoms with Crippen LogP contribution in [0.15, 0.2) is 194 Å². The highest BCUT2D eigenvalue weighted by atomic mass is 35.5. The van der Waals surface area contributed by atoms with Gasteiger partial charge in [-0.05, 0) is 213 Å². The molecule has 0 aliphatic rings. The Morgan fingerprint density at radius 3 is 0.640 bits per heavy atom. The highest BCUT2D eigenvalue weighted by molar-refractivity contribution is 6.17. The summed E-state index contributed by atoms with van der Waals surface area (Å²) in [6, 6.07) is 64.2. The van der Waals surface area contributed by atoms with Gasteiger partial charge in [-0.2, -0.15) is 0 Å². The lowest BCUT2D eigenvalue weighted by Crippen LogP contribution is -2.26. The minimum Gasteiger partial charge on any atom is -0.355 e. The van der Waals surface area contributed by atoms with Crippen LogP contribution in [-0.2, 0) is 19.6 Å². The minimum absolute atomic E-state index is 0. The molecule has 5 heterocycles. The Morgan fingerprint density at radius 2 is 0.441 bits per heavy atom. The maximum Gasteiger partial charge on any atom is 0.159 e. The van der Waals surface area contributed by atoms with Gasteiger partial charge in [-0.3, -0.25) is 38.4 Å². The fraction of sp³-hybridized carbons (Fsp3) is 0.269. The van der Waals surface area contributed by atoms with Crippen LogP contribution in [0.3, 0.4) is 0 Å². The van der Waals surface area contributed by atoms with E-state index in [1.165, 1.54) is 21.8 Å². The van der Waals surface area contributed by atoms with Crippen molar-refractivity contribution in [3.63, 3.8) is 0 Å². The molecule has 0 aliphatic heterocycles. The summed E-state index contributed by atoms with van der Waals surface area (Å²) in [5.74, 6) is 0.370. The van der Waals surface area contributed by atoms with Gasteiger partial charge in [0.25, 0.3) is 0 Å². The first-order chi connectivity index (χ1) is 51.1. The zero-order valence-corrected chi connectivity index (χ0v) is 66.0. The van der Waals surface area contributed by atoms with Gasteiger partial charge in [0, 0.05) is 211 Å². The number of nitrogens with one attached hydrogen (secondary N) is 5. The third kappa shape index (κ3) is 19.8. The minimum atomic E-state index is 0. The fourth-order valence-electron chi connectivity index (χ4n) is 13.9. The van der Waals surface area contributed by atoms with Gasteiger partial charge in [0.05, 0.1) is 0 Å². The van der Waals surface area contributed by atoms with Gasteiger partial charge in [0.1, 0.15) is 0 Å². The molecule has 0 amide bonds. The van der Waals surface area contributed by atoms with Crippen LogP contribution in [0.4, 0.5) is 0 Å². The second-order valence-electron chi connectivity index (χ2n) is 28.5. The number of fused-ring (bicyclic) bond motifs is 15. The largest absolute Gasteiger partial charge is 0.355 e. The van der Waals surface area contributed by atoms with Crippen molar-refractivity contribution in [3.05, 3.63) is 239 Å². The molecule has 0 saturated heterocycles. The lowest BCUT2D eigenvalue weighted by molar-refractivity contribution is 0.100. The van der Waals surface area contributed by atoms with Crippen LogP contribution >= 0.6 is 24.8 Å². The molecule has 16 nitrogen and oxygen atoms in total. The number of aromatic nitrogens is 5. The summed E-state index contributed by atoms with van der Waals surface area (Å²) in [6.07, 6.45) is 0. The number of carbonyl (C=O) groups is 8. The predicted octanol–water partition coefficient (Wildman–Crippen LogP) is 21.8. The van der Waals surface area contributed by atoms with E-state index in [0.29, 0.717) is 62.6 Å². The number of aromatic amines is 2. The fourth-order valence-corrected chi connectivity index (χ4v) is 13.9. The predicted molar refractivity (Wildman–Crippen MR) is 467 cm³/mol. The molecule has 0 unspecified atom stereocenters. The normalized spacial score (nSPS) is 11.0. The van der Waals surface area contributed by atoms with Gasteiger partial charge in [-0.25, -0.2) is 0 Å². The Bertz CT molecular complexity index is 5270. The second-order valence-corrected chi connectivity index (χ2v) is 28.5. The SMILES string of the molecule is C.C.CC(=O)c1ccc2[nH]c3ccc(C(C)=O)cc3c2c1.CC(=O)c1ccc2c(c1)c1cc(C(C)=O)ccc1n2CCNC(C)C.CC(=O)c1ccc2c(c1)c1cc(C(C)=O)ccc1n2CCNC(C)C.CC(=O)c1ccc2c(c1)c1cc(C(C)=O)ccc1n2CCNC(C)C.Cl.Cl.c1ccc2c(c1)[nH]c1ccccc12. The maximum absolute atomic E-state index is 11.8. The molecule has 0 radical (unpaired) electrons. The third-order valence-electron chi connectivity index (χ3n) is 19.5. The molecule has 111 heavy (non-hydrogen) atoms. The van der Waals surface area contributed by atoms with E-state index in [2.05, 4.69) is 130 Å². The Morgan fingerprint density at radius 1 is 0.261 bits per heavy atom. The number of nitrogens with zero attached hydrogens (tertiary/aromatic N) is 3. The molecule has 15 aromatic rings. The molecule has 10 aromatic carbocycles. The third-order valence-corrected chi connectivity index (χ3v) is 19.5. The van der Waals surface area contributed by atoms with Crippen LogP contribution in [0, 0.1) is 0 Å². The van der Waals surface area contributed by atoms with Crippen molar-refractivity contribution in [3.8, 4) is 0 Å². The van der Waals surface area contributed by atoms with E-state index in [1.807, 2.05) is 146 Å². The first-order valence-corrected chi connectivity index (χ1v) is 36.6. The summed E-state index contributed by atoms with van der Waals surface area (Å²) >= 11 is 0. The lowest BCUT2D eigenvalue weighted by atomic mass is 10.0. The highest BCUT2D eigenvalue weighted by Crippen LogP contribution is 2.35. The molecular weight excluding hydrogens is 1430 g/mol. The maximum atomic E-state index is 11.8. The Kier molecular flexibility index (Phi) is 29.9. The van der Waals surface area contributed by atoms with Gasteiger partial charge in [-0.15, -0.1) is 24.8 Å². The van der Waals surface area contributed by atoms with Crippen LogP contribution in [0.25, 0.3) is 109 Å². The van der Waals surface area contributed by atoms with Crippen LogP contribution in [0.5, 0.6) is 0 Å². The molecule has 578 valence electrons. The standard InChI is InChI=1S/3C21H24N2O2.C16H13NO2.C12H9N.2CH4.2ClH/c3*1-13(2)22-9-10-23-20-7-5-16(14(3)24)11-18(20)19-12-17(15(4)25)6-8-21(19)23;1-9(18)11-3-5-15-13(7-11)14-8-12(10(2)19)4-6-16(14)17-15;1-3-7-11-9(5-1)10-6-2-4-8-12(10)13-11;;;;/h3*5-8,11-13,22H,9-10H2,1-4H3;3-8,17H,1-2H3;1-8,13H;2*1H4;2*1H. The highest BCUT2D eigenvalue weighted by Gasteiger charge is 2.19. The van der Waals surface area contributed by atoms with Gasteiger partial charge in [0.2, 0.25) is 0 Å². The number of halogens is 2. The van der Waals surface area contributed by atoms with Crippen LogP contribution in [-0.4, -0.2) is 108 Å². The number of benzene rings is 10. The molecule has 18 heteroatoms.